The molecule has 0 bridgehead atoms. The van der Waals surface area contributed by atoms with E-state index in [9.17, 15) is 10.1 Å². The van der Waals surface area contributed by atoms with Crippen LogP contribution in [0.3, 0.4) is 0 Å². The molecule has 2 aromatic rings. The molecule has 2 rings (SSSR count). The average molecular weight is 283 g/mol. The molecule has 0 spiro atoms. The predicted octanol–water partition coefficient (Wildman–Crippen LogP) is 3.60. The summed E-state index contributed by atoms with van der Waals surface area (Å²) in [7, 11) is 0. The molecular weight excluding hydrogens is 272 g/mol. The standard InChI is InChI=1S/C12H11ClN2O2S/c13-10-3-4-12(15(16)17)9(6-10)7-14-8-11-2-1-5-18-11/h1-6,14H,7-8H2. The van der Waals surface area contributed by atoms with Crippen LogP contribution in [0.1, 0.15) is 10.4 Å². The molecule has 1 N–H and O–H groups in total. The monoisotopic (exact) mass is 282 g/mol. The zero-order valence-corrected chi connectivity index (χ0v) is 11.0. The molecule has 0 saturated carbocycles. The molecule has 94 valence electrons. The molecule has 18 heavy (non-hydrogen) atoms. The van der Waals surface area contributed by atoms with Gasteiger partial charge in [-0.05, 0) is 23.6 Å². The largest absolute Gasteiger partial charge is 0.308 e. The molecule has 0 amide bonds. The van der Waals surface area contributed by atoms with Gasteiger partial charge in [-0.15, -0.1) is 11.3 Å². The fourth-order valence-electron chi connectivity index (χ4n) is 1.61. The van der Waals surface area contributed by atoms with Crippen LogP contribution in [0.2, 0.25) is 5.02 Å². The third-order valence-corrected chi connectivity index (χ3v) is 3.54. The quantitative estimate of drug-likeness (QED) is 0.673. The maximum absolute atomic E-state index is 10.9. The van der Waals surface area contributed by atoms with Crippen molar-refractivity contribution < 1.29 is 4.92 Å². The number of hydrogen-bond acceptors (Lipinski definition) is 4. The van der Waals surface area contributed by atoms with Crippen molar-refractivity contribution in [1.29, 1.82) is 0 Å². The minimum absolute atomic E-state index is 0.0954. The van der Waals surface area contributed by atoms with Crippen molar-refractivity contribution in [1.82, 2.24) is 5.32 Å². The maximum Gasteiger partial charge on any atom is 0.273 e. The lowest BCUT2D eigenvalue weighted by molar-refractivity contribution is -0.385. The first-order valence-electron chi connectivity index (χ1n) is 5.33. The fraction of sp³-hybridized carbons (Fsp3) is 0.167. The summed E-state index contributed by atoms with van der Waals surface area (Å²) in [4.78, 5) is 11.7. The number of nitrogens with zero attached hydrogens (tertiary/aromatic N) is 1. The van der Waals surface area contributed by atoms with E-state index >= 15 is 0 Å². The zero-order chi connectivity index (χ0) is 13.0. The normalized spacial score (nSPS) is 10.5. The van der Waals surface area contributed by atoms with E-state index < -0.39 is 4.92 Å². The van der Waals surface area contributed by atoms with Crippen LogP contribution < -0.4 is 5.32 Å². The van der Waals surface area contributed by atoms with Crippen LogP contribution in [0, 0.1) is 10.1 Å². The van der Waals surface area contributed by atoms with Crippen LogP contribution in [-0.4, -0.2) is 4.92 Å². The van der Waals surface area contributed by atoms with E-state index in [1.54, 1.807) is 17.4 Å². The van der Waals surface area contributed by atoms with Crippen LogP contribution in [0.5, 0.6) is 0 Å². The number of nitro groups is 1. The molecule has 0 saturated heterocycles. The van der Waals surface area contributed by atoms with Crippen molar-refractivity contribution in [3.05, 3.63) is 61.3 Å². The van der Waals surface area contributed by atoms with Gasteiger partial charge in [0.25, 0.3) is 5.69 Å². The lowest BCUT2D eigenvalue weighted by atomic mass is 10.2. The van der Waals surface area contributed by atoms with Crippen LogP contribution in [0.25, 0.3) is 0 Å². The van der Waals surface area contributed by atoms with E-state index in [2.05, 4.69) is 5.32 Å². The molecule has 0 atom stereocenters. The summed E-state index contributed by atoms with van der Waals surface area (Å²) in [5.74, 6) is 0. The molecule has 4 nitrogen and oxygen atoms in total. The average Bonchev–Trinajstić information content (AvgIpc) is 2.82. The number of nitrogens with one attached hydrogen (secondary N) is 1. The van der Waals surface area contributed by atoms with Gasteiger partial charge in [0, 0.05) is 34.6 Å². The topological polar surface area (TPSA) is 55.2 Å². The Kier molecular flexibility index (Phi) is 4.30. The van der Waals surface area contributed by atoms with E-state index in [1.807, 2.05) is 17.5 Å². The first kappa shape index (κ1) is 13.0. The second kappa shape index (κ2) is 5.95. The molecule has 0 aliphatic rings. The maximum atomic E-state index is 10.9. The Morgan fingerprint density at radius 1 is 1.33 bits per heavy atom. The minimum atomic E-state index is -0.390. The summed E-state index contributed by atoms with van der Waals surface area (Å²) in [6, 6.07) is 8.58. The van der Waals surface area contributed by atoms with Gasteiger partial charge in [-0.1, -0.05) is 17.7 Å². The Hall–Kier alpha value is -1.43. The first-order chi connectivity index (χ1) is 8.66. The molecule has 1 heterocycles. The number of nitro benzene ring substituents is 1. The molecule has 0 aliphatic carbocycles. The van der Waals surface area contributed by atoms with Gasteiger partial charge in [0.1, 0.15) is 0 Å². The van der Waals surface area contributed by atoms with E-state index in [4.69, 9.17) is 11.6 Å². The molecule has 0 unspecified atom stereocenters. The van der Waals surface area contributed by atoms with Gasteiger partial charge in [-0.3, -0.25) is 10.1 Å². The second-order valence-corrected chi connectivity index (χ2v) is 5.18. The van der Waals surface area contributed by atoms with Gasteiger partial charge in [0.05, 0.1) is 4.92 Å². The highest BCUT2D eigenvalue weighted by molar-refractivity contribution is 7.09. The molecule has 1 aromatic heterocycles. The zero-order valence-electron chi connectivity index (χ0n) is 9.43. The minimum Gasteiger partial charge on any atom is -0.308 e. The van der Waals surface area contributed by atoms with Crippen molar-refractivity contribution in [2.24, 2.45) is 0 Å². The summed E-state index contributed by atoms with van der Waals surface area (Å²) in [5, 5.41) is 16.5. The SMILES string of the molecule is O=[N+]([O-])c1ccc(Cl)cc1CNCc1cccs1. The van der Waals surface area contributed by atoms with E-state index in [-0.39, 0.29) is 5.69 Å². The van der Waals surface area contributed by atoms with Gasteiger partial charge in [0.15, 0.2) is 0 Å². The first-order valence-corrected chi connectivity index (χ1v) is 6.58. The van der Waals surface area contributed by atoms with Crippen molar-refractivity contribution in [2.75, 3.05) is 0 Å². The van der Waals surface area contributed by atoms with Gasteiger partial charge in [-0.2, -0.15) is 0 Å². The van der Waals surface area contributed by atoms with Crippen LogP contribution in [-0.2, 0) is 13.1 Å². The van der Waals surface area contributed by atoms with Gasteiger partial charge >= 0.3 is 0 Å². The molecule has 0 radical (unpaired) electrons. The fourth-order valence-corrected chi connectivity index (χ4v) is 2.48. The molecule has 0 aliphatic heterocycles. The summed E-state index contributed by atoms with van der Waals surface area (Å²) in [6.45, 7) is 1.12. The Labute approximate surface area is 113 Å². The second-order valence-electron chi connectivity index (χ2n) is 3.71. The summed E-state index contributed by atoms with van der Waals surface area (Å²) in [6.07, 6.45) is 0. The Morgan fingerprint density at radius 3 is 2.83 bits per heavy atom. The van der Waals surface area contributed by atoms with Crippen molar-refractivity contribution in [3.8, 4) is 0 Å². The number of hydrogen-bond donors (Lipinski definition) is 1. The Bertz CT molecular complexity index is 543. The lowest BCUT2D eigenvalue weighted by Gasteiger charge is -2.05. The number of thiophene rings is 1. The Morgan fingerprint density at radius 2 is 2.17 bits per heavy atom. The predicted molar refractivity (Wildman–Crippen MR) is 73.0 cm³/mol. The van der Waals surface area contributed by atoms with E-state index in [0.717, 1.165) is 0 Å². The number of halogens is 1. The van der Waals surface area contributed by atoms with Crippen molar-refractivity contribution in [2.45, 2.75) is 13.1 Å². The summed E-state index contributed by atoms with van der Waals surface area (Å²) < 4.78 is 0. The highest BCUT2D eigenvalue weighted by Crippen LogP contribution is 2.22. The highest BCUT2D eigenvalue weighted by atomic mass is 35.5. The molecule has 6 heteroatoms. The van der Waals surface area contributed by atoms with Crippen molar-refractivity contribution >= 4 is 28.6 Å². The summed E-state index contributed by atoms with van der Waals surface area (Å²) >= 11 is 7.50. The lowest BCUT2D eigenvalue weighted by Crippen LogP contribution is -2.13. The Balaban J connectivity index is 2.03. The third kappa shape index (κ3) is 3.29. The van der Waals surface area contributed by atoms with Crippen molar-refractivity contribution in [3.63, 3.8) is 0 Å². The van der Waals surface area contributed by atoms with Gasteiger partial charge in [0.2, 0.25) is 0 Å². The van der Waals surface area contributed by atoms with E-state index in [1.165, 1.54) is 17.0 Å². The molecule has 0 fully saturated rings. The van der Waals surface area contributed by atoms with Crippen LogP contribution >= 0.6 is 22.9 Å². The van der Waals surface area contributed by atoms with E-state index in [0.29, 0.717) is 23.7 Å². The van der Waals surface area contributed by atoms with Gasteiger partial charge in [-0.25, -0.2) is 0 Å². The number of rotatable bonds is 5. The summed E-state index contributed by atoms with van der Waals surface area (Å²) in [5.41, 5.74) is 0.696. The van der Waals surface area contributed by atoms with Crippen LogP contribution in [0.15, 0.2) is 35.7 Å². The smallest absolute Gasteiger partial charge is 0.273 e. The molecular formula is C12H11ClN2O2S. The van der Waals surface area contributed by atoms with Crippen LogP contribution in [0.4, 0.5) is 5.69 Å². The highest BCUT2D eigenvalue weighted by Gasteiger charge is 2.13. The molecule has 1 aromatic carbocycles. The van der Waals surface area contributed by atoms with Gasteiger partial charge < -0.3 is 5.32 Å². The third-order valence-electron chi connectivity index (χ3n) is 2.43. The number of benzene rings is 1.